The minimum atomic E-state index is 0.853. The van der Waals surface area contributed by atoms with Gasteiger partial charge in [0.25, 0.3) is 0 Å². The average molecular weight is 356 g/mol. The molecule has 5 heteroatoms. The van der Waals surface area contributed by atoms with Crippen molar-refractivity contribution in [3.8, 4) is 5.75 Å². The number of nitrogens with one attached hydrogen (secondary N) is 1. The van der Waals surface area contributed by atoms with E-state index >= 15 is 0 Å². The van der Waals surface area contributed by atoms with Crippen molar-refractivity contribution in [2.24, 2.45) is 0 Å². The molecule has 1 aromatic carbocycles. The summed E-state index contributed by atoms with van der Waals surface area (Å²) in [4.78, 5) is 4.95. The van der Waals surface area contributed by atoms with Gasteiger partial charge >= 0.3 is 0 Å². The number of hydrogen-bond acceptors (Lipinski definition) is 4. The van der Waals surface area contributed by atoms with E-state index in [0.29, 0.717) is 0 Å². The summed E-state index contributed by atoms with van der Waals surface area (Å²) in [5.74, 6) is 0.949. The van der Waals surface area contributed by atoms with Crippen LogP contribution in [0, 0.1) is 0 Å². The van der Waals surface area contributed by atoms with Gasteiger partial charge in [0.05, 0.1) is 7.11 Å². The maximum atomic E-state index is 5.39. The summed E-state index contributed by atoms with van der Waals surface area (Å²) in [7, 11) is 3.92. The summed E-state index contributed by atoms with van der Waals surface area (Å²) in [6.07, 6.45) is 1.19. The molecule has 0 bridgehead atoms. The number of ether oxygens (including phenoxy) is 1. The van der Waals surface area contributed by atoms with Crippen LogP contribution < -0.4 is 10.1 Å². The molecule has 0 unspecified atom stereocenters. The zero-order valence-corrected chi connectivity index (χ0v) is 14.7. The lowest BCUT2D eigenvalue weighted by Gasteiger charge is -2.32. The normalized spacial score (nSPS) is 17.1. The van der Waals surface area contributed by atoms with Crippen molar-refractivity contribution < 1.29 is 4.74 Å². The number of piperazine rings is 1. The van der Waals surface area contributed by atoms with E-state index in [0.717, 1.165) is 23.3 Å². The molecule has 1 N–H and O–H groups in total. The van der Waals surface area contributed by atoms with Crippen LogP contribution in [0.2, 0.25) is 0 Å². The standard InChI is InChI=1S/C16H26BrN3O/c1-19-8-10-20(11-9-19)7-3-6-18-13-14-12-15(17)4-5-16(14)21-2/h4-5,12,18H,3,6-11,13H2,1-2H3. The van der Waals surface area contributed by atoms with Crippen LogP contribution in [-0.2, 0) is 6.54 Å². The minimum Gasteiger partial charge on any atom is -0.496 e. The monoisotopic (exact) mass is 355 g/mol. The Kier molecular flexibility index (Phi) is 6.96. The van der Waals surface area contributed by atoms with Crippen molar-refractivity contribution in [3.63, 3.8) is 0 Å². The quantitative estimate of drug-likeness (QED) is 0.758. The number of likely N-dealkylation sites (N-methyl/N-ethyl adjacent to an activating group) is 1. The first kappa shape index (κ1) is 16.7. The molecule has 0 spiro atoms. The van der Waals surface area contributed by atoms with Crippen LogP contribution in [0.15, 0.2) is 22.7 Å². The van der Waals surface area contributed by atoms with Gasteiger partial charge in [0.15, 0.2) is 0 Å². The third kappa shape index (κ3) is 5.58. The van der Waals surface area contributed by atoms with Gasteiger partial charge in [-0.15, -0.1) is 0 Å². The first-order valence-corrected chi connectivity index (χ1v) is 8.42. The highest BCUT2D eigenvalue weighted by Gasteiger charge is 2.12. The smallest absolute Gasteiger partial charge is 0.123 e. The molecule has 118 valence electrons. The molecule has 0 amide bonds. The molecule has 21 heavy (non-hydrogen) atoms. The Hall–Kier alpha value is -0.620. The fourth-order valence-corrected chi connectivity index (χ4v) is 3.02. The summed E-state index contributed by atoms with van der Waals surface area (Å²) >= 11 is 3.51. The van der Waals surface area contributed by atoms with Crippen molar-refractivity contribution in [2.75, 3.05) is 53.4 Å². The molecule has 1 heterocycles. The van der Waals surface area contributed by atoms with Crippen LogP contribution in [0.5, 0.6) is 5.75 Å². The van der Waals surface area contributed by atoms with E-state index in [1.54, 1.807) is 7.11 Å². The lowest BCUT2D eigenvalue weighted by molar-refractivity contribution is 0.152. The minimum absolute atomic E-state index is 0.853. The molecule has 1 aliphatic heterocycles. The SMILES string of the molecule is COc1ccc(Br)cc1CNCCCN1CCN(C)CC1. The van der Waals surface area contributed by atoms with Gasteiger partial charge in [0.1, 0.15) is 5.75 Å². The molecule has 2 rings (SSSR count). The summed E-state index contributed by atoms with van der Waals surface area (Å²) < 4.78 is 6.48. The maximum absolute atomic E-state index is 5.39. The molecule has 4 nitrogen and oxygen atoms in total. The van der Waals surface area contributed by atoms with E-state index in [1.807, 2.05) is 12.1 Å². The van der Waals surface area contributed by atoms with E-state index in [-0.39, 0.29) is 0 Å². The van der Waals surface area contributed by atoms with Crippen LogP contribution >= 0.6 is 15.9 Å². The van der Waals surface area contributed by atoms with Crippen molar-refractivity contribution in [1.82, 2.24) is 15.1 Å². The molecule has 1 aromatic rings. The number of hydrogen-bond donors (Lipinski definition) is 1. The zero-order valence-electron chi connectivity index (χ0n) is 13.1. The topological polar surface area (TPSA) is 27.7 Å². The Morgan fingerprint density at radius 2 is 2.00 bits per heavy atom. The van der Waals surface area contributed by atoms with Crippen molar-refractivity contribution in [3.05, 3.63) is 28.2 Å². The average Bonchev–Trinajstić information content (AvgIpc) is 2.49. The molecular formula is C16H26BrN3O. The molecule has 0 aromatic heterocycles. The van der Waals surface area contributed by atoms with Gasteiger partial charge in [-0.25, -0.2) is 0 Å². The highest BCUT2D eigenvalue weighted by atomic mass is 79.9. The summed E-state index contributed by atoms with van der Waals surface area (Å²) in [5.41, 5.74) is 1.20. The highest BCUT2D eigenvalue weighted by molar-refractivity contribution is 9.10. The summed E-state index contributed by atoms with van der Waals surface area (Å²) in [5, 5.41) is 3.51. The van der Waals surface area contributed by atoms with Gasteiger partial charge in [0.2, 0.25) is 0 Å². The van der Waals surface area contributed by atoms with Crippen LogP contribution in [0.25, 0.3) is 0 Å². The van der Waals surface area contributed by atoms with E-state index < -0.39 is 0 Å². The van der Waals surface area contributed by atoms with E-state index in [1.165, 1.54) is 44.7 Å². The summed E-state index contributed by atoms with van der Waals surface area (Å²) in [6, 6.07) is 6.13. The molecular weight excluding hydrogens is 330 g/mol. The van der Waals surface area contributed by atoms with Gasteiger partial charge in [-0.3, -0.25) is 0 Å². The second-order valence-electron chi connectivity index (χ2n) is 5.63. The van der Waals surface area contributed by atoms with Gasteiger partial charge in [-0.2, -0.15) is 0 Å². The van der Waals surface area contributed by atoms with Gasteiger partial charge in [-0.05, 0) is 44.8 Å². The van der Waals surface area contributed by atoms with Crippen molar-refractivity contribution in [2.45, 2.75) is 13.0 Å². The third-order valence-corrected chi connectivity index (χ3v) is 4.47. The van der Waals surface area contributed by atoms with Crippen LogP contribution in [0.3, 0.4) is 0 Å². The number of nitrogens with zero attached hydrogens (tertiary/aromatic N) is 2. The Morgan fingerprint density at radius 3 is 2.71 bits per heavy atom. The van der Waals surface area contributed by atoms with E-state index in [4.69, 9.17) is 4.74 Å². The van der Waals surface area contributed by atoms with Crippen LogP contribution in [0.4, 0.5) is 0 Å². The van der Waals surface area contributed by atoms with Crippen LogP contribution in [-0.4, -0.2) is 63.2 Å². The highest BCUT2D eigenvalue weighted by Crippen LogP contribution is 2.22. The Morgan fingerprint density at radius 1 is 1.24 bits per heavy atom. The Bertz CT molecular complexity index is 434. The second-order valence-corrected chi connectivity index (χ2v) is 6.55. The zero-order chi connectivity index (χ0) is 15.1. The largest absolute Gasteiger partial charge is 0.496 e. The second kappa shape index (κ2) is 8.73. The lowest BCUT2D eigenvalue weighted by atomic mass is 10.2. The first-order chi connectivity index (χ1) is 10.2. The molecule has 0 aliphatic carbocycles. The van der Waals surface area contributed by atoms with E-state index in [9.17, 15) is 0 Å². The van der Waals surface area contributed by atoms with Crippen molar-refractivity contribution >= 4 is 15.9 Å². The van der Waals surface area contributed by atoms with Gasteiger partial charge in [-0.1, -0.05) is 15.9 Å². The number of rotatable bonds is 7. The molecule has 1 fully saturated rings. The predicted octanol–water partition coefficient (Wildman–Crippen LogP) is 2.18. The van der Waals surface area contributed by atoms with Gasteiger partial charge in [0, 0.05) is 42.8 Å². The fraction of sp³-hybridized carbons (Fsp3) is 0.625. The summed E-state index contributed by atoms with van der Waals surface area (Å²) in [6.45, 7) is 7.89. The molecule has 0 saturated carbocycles. The Balaban J connectivity index is 1.64. The molecule has 1 saturated heterocycles. The maximum Gasteiger partial charge on any atom is 0.123 e. The van der Waals surface area contributed by atoms with Gasteiger partial charge < -0.3 is 19.9 Å². The van der Waals surface area contributed by atoms with E-state index in [2.05, 4.69) is 44.2 Å². The number of benzene rings is 1. The fourth-order valence-electron chi connectivity index (χ4n) is 2.61. The lowest BCUT2D eigenvalue weighted by Crippen LogP contribution is -2.45. The molecule has 0 radical (unpaired) electrons. The number of methoxy groups -OCH3 is 1. The molecule has 0 atom stereocenters. The number of halogens is 1. The Labute approximate surface area is 136 Å². The predicted molar refractivity (Wildman–Crippen MR) is 91.0 cm³/mol. The third-order valence-electron chi connectivity index (χ3n) is 3.98. The first-order valence-electron chi connectivity index (χ1n) is 7.63. The molecule has 1 aliphatic rings. The van der Waals surface area contributed by atoms with Crippen molar-refractivity contribution in [1.29, 1.82) is 0 Å². The van der Waals surface area contributed by atoms with Crippen LogP contribution in [0.1, 0.15) is 12.0 Å².